The van der Waals surface area contributed by atoms with Gasteiger partial charge < -0.3 is 0 Å². The molecular formula is C10H15AsO. The minimum absolute atomic E-state index is 0.297. The first kappa shape index (κ1) is 9.66. The molecule has 0 radical (unpaired) electrons. The van der Waals surface area contributed by atoms with Gasteiger partial charge in [-0.15, -0.1) is 0 Å². The fourth-order valence-electron chi connectivity index (χ4n) is 1.02. The van der Waals surface area contributed by atoms with Crippen LogP contribution < -0.4 is 4.35 Å². The van der Waals surface area contributed by atoms with E-state index in [1.165, 1.54) is 0 Å². The summed E-state index contributed by atoms with van der Waals surface area (Å²) in [6.45, 7) is 4.07. The van der Waals surface area contributed by atoms with Gasteiger partial charge in [-0.05, 0) is 0 Å². The normalized spacial score (nSPS) is 16.0. The number of rotatable bonds is 2. The number of benzene rings is 1. The predicted molar refractivity (Wildman–Crippen MR) is 53.5 cm³/mol. The minimum atomic E-state index is -2.75. The predicted octanol–water partition coefficient (Wildman–Crippen LogP) is 2.31. The Bertz CT molecular complexity index is 290. The zero-order valence-corrected chi connectivity index (χ0v) is 9.70. The molecule has 0 fully saturated rings. The molecule has 0 bridgehead atoms. The van der Waals surface area contributed by atoms with E-state index in [1.807, 2.05) is 49.9 Å². The monoisotopic (exact) mass is 226 g/mol. The molecule has 1 aromatic rings. The Labute approximate surface area is 76.5 Å². The van der Waals surface area contributed by atoms with Crippen LogP contribution in [0, 0.1) is 0 Å². The molecule has 0 saturated heterocycles. The van der Waals surface area contributed by atoms with Gasteiger partial charge in [-0.3, -0.25) is 0 Å². The Morgan fingerprint density at radius 2 is 1.67 bits per heavy atom. The number of hydrogen-bond donors (Lipinski definition) is 0. The molecule has 0 N–H and O–H groups in total. The first-order valence-corrected chi connectivity index (χ1v) is 8.84. The summed E-state index contributed by atoms with van der Waals surface area (Å²) >= 11 is -2.75. The molecule has 0 aliphatic rings. The standard InChI is InChI=1S/C10H15AsO/c1-9(2)11(3,12)10-7-5-4-6-8-10/h4-9H,1-3H3. The van der Waals surface area contributed by atoms with Crippen molar-refractivity contribution in [2.24, 2.45) is 0 Å². The average molecular weight is 226 g/mol. The maximum absolute atomic E-state index is 12.2. The van der Waals surface area contributed by atoms with Crippen LogP contribution in [-0.4, -0.2) is 13.5 Å². The molecular weight excluding hydrogens is 211 g/mol. The molecule has 0 saturated carbocycles. The molecule has 1 aromatic carbocycles. The average Bonchev–Trinajstić information content (AvgIpc) is 2.06. The van der Waals surface area contributed by atoms with Crippen LogP contribution in [0.15, 0.2) is 30.3 Å². The van der Waals surface area contributed by atoms with Crippen molar-refractivity contribution in [2.45, 2.75) is 24.3 Å². The number of hydrogen-bond acceptors (Lipinski definition) is 1. The van der Waals surface area contributed by atoms with Crippen LogP contribution in [0.1, 0.15) is 13.8 Å². The fourth-order valence-corrected chi connectivity index (χ4v) is 3.88. The van der Waals surface area contributed by atoms with Gasteiger partial charge in [0.25, 0.3) is 0 Å². The van der Waals surface area contributed by atoms with Gasteiger partial charge in [0, 0.05) is 0 Å². The Morgan fingerprint density at radius 3 is 2.08 bits per heavy atom. The summed E-state index contributed by atoms with van der Waals surface area (Å²) in [7, 11) is 0. The quantitative estimate of drug-likeness (QED) is 0.707. The summed E-state index contributed by atoms with van der Waals surface area (Å²) in [5.41, 5.74) is 1.91. The third-order valence-electron chi connectivity index (χ3n) is 2.25. The van der Waals surface area contributed by atoms with Gasteiger partial charge in [-0.1, -0.05) is 0 Å². The van der Waals surface area contributed by atoms with E-state index in [1.54, 1.807) is 0 Å². The Morgan fingerprint density at radius 1 is 1.17 bits per heavy atom. The van der Waals surface area contributed by atoms with E-state index in [0.29, 0.717) is 4.71 Å². The van der Waals surface area contributed by atoms with Crippen molar-refractivity contribution in [1.82, 2.24) is 0 Å². The molecule has 1 unspecified atom stereocenters. The molecule has 0 heterocycles. The molecule has 1 rings (SSSR count). The van der Waals surface area contributed by atoms with Gasteiger partial charge in [-0.25, -0.2) is 0 Å². The van der Waals surface area contributed by atoms with E-state index in [2.05, 4.69) is 0 Å². The summed E-state index contributed by atoms with van der Waals surface area (Å²) in [6.07, 6.45) is 0. The molecule has 0 aliphatic heterocycles. The van der Waals surface area contributed by atoms with Gasteiger partial charge in [0.15, 0.2) is 0 Å². The van der Waals surface area contributed by atoms with E-state index in [-0.39, 0.29) is 0 Å². The van der Waals surface area contributed by atoms with Crippen molar-refractivity contribution < 1.29 is 3.74 Å². The summed E-state index contributed by atoms with van der Waals surface area (Å²) in [5.74, 6) is 0. The second kappa shape index (κ2) is 3.53. The topological polar surface area (TPSA) is 17.1 Å². The molecule has 0 aliphatic carbocycles. The van der Waals surface area contributed by atoms with Gasteiger partial charge in [0.05, 0.1) is 0 Å². The second-order valence-electron chi connectivity index (χ2n) is 3.42. The summed E-state index contributed by atoms with van der Waals surface area (Å²) in [5, 5.41) is 0. The SMILES string of the molecule is CC(C)[As](C)(=O)c1ccccc1. The van der Waals surface area contributed by atoms with Crippen molar-refractivity contribution in [3.63, 3.8) is 0 Å². The van der Waals surface area contributed by atoms with E-state index < -0.39 is 13.5 Å². The Hall–Kier alpha value is -0.422. The van der Waals surface area contributed by atoms with E-state index in [0.717, 1.165) is 4.35 Å². The van der Waals surface area contributed by atoms with E-state index in [9.17, 15) is 3.74 Å². The van der Waals surface area contributed by atoms with Crippen molar-refractivity contribution in [2.75, 3.05) is 0 Å². The molecule has 1 nitrogen and oxygen atoms in total. The second-order valence-corrected chi connectivity index (χ2v) is 10.8. The van der Waals surface area contributed by atoms with Crippen LogP contribution in [0.4, 0.5) is 0 Å². The van der Waals surface area contributed by atoms with Crippen molar-refractivity contribution >= 4 is 17.8 Å². The first-order valence-electron chi connectivity index (χ1n) is 4.18. The van der Waals surface area contributed by atoms with Crippen LogP contribution in [0.25, 0.3) is 0 Å². The fraction of sp³-hybridized carbons (Fsp3) is 0.400. The third-order valence-corrected chi connectivity index (χ3v) is 9.17. The van der Waals surface area contributed by atoms with Gasteiger partial charge in [0.1, 0.15) is 0 Å². The summed E-state index contributed by atoms with van der Waals surface area (Å²) in [6, 6.07) is 9.81. The molecule has 1 atom stereocenters. The van der Waals surface area contributed by atoms with Crippen molar-refractivity contribution in [1.29, 1.82) is 0 Å². The molecule has 2 heteroatoms. The summed E-state index contributed by atoms with van der Waals surface area (Å²) in [4.78, 5) is 0. The molecule has 0 amide bonds. The zero-order valence-electron chi connectivity index (χ0n) is 7.82. The van der Waals surface area contributed by atoms with E-state index in [4.69, 9.17) is 0 Å². The molecule has 0 aromatic heterocycles. The van der Waals surface area contributed by atoms with Gasteiger partial charge >= 0.3 is 76.2 Å². The molecule has 0 spiro atoms. The van der Waals surface area contributed by atoms with Crippen LogP contribution >= 0.6 is 0 Å². The van der Waals surface area contributed by atoms with Gasteiger partial charge in [-0.2, -0.15) is 0 Å². The Kier molecular flexibility index (Phi) is 2.84. The maximum atomic E-state index is 12.2. The Balaban J connectivity index is 3.07. The zero-order chi connectivity index (χ0) is 9.19. The first-order chi connectivity index (χ1) is 5.55. The van der Waals surface area contributed by atoms with Crippen LogP contribution in [0.2, 0.25) is 10.4 Å². The van der Waals surface area contributed by atoms with Crippen molar-refractivity contribution in [3.05, 3.63) is 30.3 Å². The van der Waals surface area contributed by atoms with Crippen LogP contribution in [0.3, 0.4) is 0 Å². The van der Waals surface area contributed by atoms with Crippen LogP contribution in [0.5, 0.6) is 0 Å². The molecule has 66 valence electrons. The van der Waals surface area contributed by atoms with Crippen LogP contribution in [-0.2, 0) is 3.74 Å². The molecule has 12 heavy (non-hydrogen) atoms. The van der Waals surface area contributed by atoms with E-state index >= 15 is 0 Å². The van der Waals surface area contributed by atoms with Crippen molar-refractivity contribution in [3.8, 4) is 0 Å². The van der Waals surface area contributed by atoms with Gasteiger partial charge in [0.2, 0.25) is 0 Å². The third kappa shape index (κ3) is 1.84. The summed E-state index contributed by atoms with van der Waals surface area (Å²) < 4.78 is 13.5.